The topological polar surface area (TPSA) is 108 Å². The van der Waals surface area contributed by atoms with Crippen molar-refractivity contribution in [2.45, 2.75) is 6.42 Å². The quantitative estimate of drug-likeness (QED) is 0.141. The van der Waals surface area contributed by atoms with Gasteiger partial charge in [0.2, 0.25) is 0 Å². The van der Waals surface area contributed by atoms with Gasteiger partial charge in [0.15, 0.2) is 34.9 Å². The number of benzene rings is 12. The zero-order chi connectivity index (χ0) is 62.0. The first kappa shape index (κ1) is 56.9. The predicted molar refractivity (Wildman–Crippen MR) is 386 cm³/mol. The summed E-state index contributed by atoms with van der Waals surface area (Å²) in [6, 6.07) is 104. The van der Waals surface area contributed by atoms with Crippen LogP contribution in [0.15, 0.2) is 308 Å². The van der Waals surface area contributed by atoms with Crippen LogP contribution in [0.5, 0.6) is 0 Å². The van der Waals surface area contributed by atoms with Crippen LogP contribution in [0, 0.1) is 0 Å². The smallest absolute Gasteiger partial charge is 0.164 e. The summed E-state index contributed by atoms with van der Waals surface area (Å²) in [7, 11) is 0. The van der Waals surface area contributed by atoms with Crippen molar-refractivity contribution in [1.82, 2.24) is 44.4 Å². The van der Waals surface area contributed by atoms with Gasteiger partial charge in [-0.3, -0.25) is 0 Å². The maximum Gasteiger partial charge on any atom is 0.164 e. The van der Waals surface area contributed by atoms with E-state index in [4.69, 9.17) is 34.9 Å². The maximum absolute atomic E-state index is 5.03. The summed E-state index contributed by atoms with van der Waals surface area (Å²) in [5.74, 6) is 3.92. The zero-order valence-corrected chi connectivity index (χ0v) is 53.0. The van der Waals surface area contributed by atoms with Gasteiger partial charge in [-0.2, -0.15) is 0 Å². The van der Waals surface area contributed by atoms with E-state index in [1.54, 1.807) is 22.7 Å². The van der Waals surface area contributed by atoms with Gasteiger partial charge in [-0.1, -0.05) is 259 Å². The monoisotopic (exact) mass is 1290 g/mol. The molecule has 12 heteroatoms. The number of halogens is 1. The average Bonchev–Trinajstić information content (AvgIpc) is 1.62. The minimum Gasteiger partial charge on any atom is -0.309 e. The Bertz CT molecular complexity index is 5400. The number of hydrogen-bond donors (Lipinski definition) is 0. The van der Waals surface area contributed by atoms with E-state index in [1.807, 2.05) is 152 Å². The Kier molecular flexibility index (Phi) is 15.4. The van der Waals surface area contributed by atoms with Gasteiger partial charge in [0.05, 0.1) is 31.5 Å². The molecule has 0 aliphatic heterocycles. The minimum absolute atomic E-state index is 0.630. The molecule has 0 N–H and O–H groups in total. The number of para-hydroxylation sites is 3. The van der Waals surface area contributed by atoms with Gasteiger partial charge < -0.3 is 4.57 Å². The Balaban J connectivity index is 0.000000122. The lowest BCUT2D eigenvalue weighted by Gasteiger charge is -2.11. The van der Waals surface area contributed by atoms with E-state index in [9.17, 15) is 0 Å². The summed E-state index contributed by atoms with van der Waals surface area (Å²) in [5.41, 5.74) is 19.1. The molecule has 0 saturated heterocycles. The fraction of sp³-hybridized carbons (Fsp3) is 0.0123. The molecular weight excluding hydrogens is 1240 g/mol. The van der Waals surface area contributed by atoms with Crippen molar-refractivity contribution in [2.75, 3.05) is 0 Å². The maximum atomic E-state index is 5.03. The van der Waals surface area contributed by atoms with Crippen LogP contribution in [0.1, 0.15) is 11.1 Å². The van der Waals surface area contributed by atoms with Crippen LogP contribution in [0.25, 0.3) is 149 Å². The second kappa shape index (κ2) is 25.2. The van der Waals surface area contributed by atoms with Gasteiger partial charge in [0, 0.05) is 65.4 Å². The second-order valence-corrected chi connectivity index (χ2v) is 25.3. The van der Waals surface area contributed by atoms with Crippen molar-refractivity contribution >= 4 is 80.8 Å². The Morgan fingerprint density at radius 2 is 0.699 bits per heavy atom. The lowest BCUT2D eigenvalue weighted by atomic mass is 10.00. The van der Waals surface area contributed by atoms with E-state index in [1.165, 1.54) is 48.0 Å². The first-order valence-corrected chi connectivity index (χ1v) is 33.0. The van der Waals surface area contributed by atoms with Gasteiger partial charge in [-0.05, 0) is 89.3 Å². The van der Waals surface area contributed by atoms with Crippen LogP contribution in [-0.4, -0.2) is 44.4 Å². The summed E-state index contributed by atoms with van der Waals surface area (Å²) >= 11 is 7.03. The van der Waals surface area contributed by atoms with Crippen molar-refractivity contribution in [1.29, 1.82) is 0 Å². The average molecular weight is 1300 g/mol. The fourth-order valence-corrected chi connectivity index (χ4v) is 14.5. The van der Waals surface area contributed by atoms with Crippen LogP contribution in [0.4, 0.5) is 0 Å². The van der Waals surface area contributed by atoms with Crippen LogP contribution in [0.2, 0.25) is 0 Å². The van der Waals surface area contributed by atoms with Crippen molar-refractivity contribution in [3.8, 4) is 106 Å². The molecule has 12 aromatic carbocycles. The molecule has 0 amide bonds. The highest BCUT2D eigenvalue weighted by Gasteiger charge is 2.24. The van der Waals surface area contributed by atoms with E-state index >= 15 is 0 Å². The Labute approximate surface area is 553 Å². The summed E-state index contributed by atoms with van der Waals surface area (Å²) < 4.78 is 5.77. The Hall–Kier alpha value is -11.3. The van der Waals surface area contributed by atoms with E-state index < -0.39 is 0 Å². The van der Waals surface area contributed by atoms with E-state index in [2.05, 4.69) is 177 Å². The fourth-order valence-electron chi connectivity index (χ4n) is 12.1. The highest BCUT2D eigenvalue weighted by molar-refractivity contribution is 9.10. The molecule has 5 aromatic heterocycles. The van der Waals surface area contributed by atoms with E-state index in [0.717, 1.165) is 87.6 Å². The molecule has 0 saturated carbocycles. The molecule has 9 nitrogen and oxygen atoms in total. The van der Waals surface area contributed by atoms with E-state index in [0.29, 0.717) is 34.9 Å². The third-order valence-electron chi connectivity index (χ3n) is 16.4. The molecule has 440 valence electrons. The van der Waals surface area contributed by atoms with Crippen molar-refractivity contribution in [3.63, 3.8) is 0 Å². The Morgan fingerprint density at radius 3 is 1.26 bits per heavy atom. The lowest BCUT2D eigenvalue weighted by Crippen LogP contribution is -2.01. The molecule has 0 bridgehead atoms. The molecule has 17 aromatic rings. The zero-order valence-electron chi connectivity index (χ0n) is 49.8. The third kappa shape index (κ3) is 11.5. The summed E-state index contributed by atoms with van der Waals surface area (Å²) in [6.07, 6.45) is 1.03. The first-order chi connectivity index (χ1) is 46.0. The van der Waals surface area contributed by atoms with Crippen LogP contribution < -0.4 is 0 Å². The molecule has 1 aliphatic carbocycles. The van der Waals surface area contributed by atoms with Crippen LogP contribution in [-0.2, 0) is 6.42 Å². The van der Waals surface area contributed by atoms with Crippen LogP contribution >= 0.6 is 38.6 Å². The molecule has 0 atom stereocenters. The van der Waals surface area contributed by atoms with Gasteiger partial charge in [0.25, 0.3) is 0 Å². The van der Waals surface area contributed by atoms with Gasteiger partial charge in [-0.25, -0.2) is 39.9 Å². The van der Waals surface area contributed by atoms with Crippen LogP contribution in [0.3, 0.4) is 0 Å². The number of hydrogen-bond acceptors (Lipinski definition) is 10. The summed E-state index contributed by atoms with van der Waals surface area (Å²) in [6.45, 7) is 0. The molecule has 93 heavy (non-hydrogen) atoms. The van der Waals surface area contributed by atoms with Gasteiger partial charge >= 0.3 is 0 Å². The highest BCUT2D eigenvalue weighted by atomic mass is 79.9. The third-order valence-corrected chi connectivity index (χ3v) is 19.0. The SMILES string of the molecule is Brc1cccc(-c2nc(-c3ccccc3)nc(-c3ccccc3)n2)c1.c1ccc(-c2nc(-c3ccccc3)nc(-c3cccc(-n4c5ccccc5c5c(-c6nc7ccccc7s6)cccc54)c3)n2)cc1.c1ccc2c(c1)Cc1cccc(-c3nc4ccccc4s3)c1-2. The standard InChI is InChI=1S/C40H25N5S.C21H14BrN3.C20H13NS/c1-3-13-26(14-4-1)37-42-38(27-15-5-2-6-16-27)44-39(43-37)28-17-11-18-29(25-28)45-33-22-9-7-19-30(33)36-31(20-12-23-34(36)45)40-41-32-21-8-10-24-35(32)46-40;22-18-13-7-12-17(14-18)21-24-19(15-8-3-1-4-9-15)23-20(25-21)16-10-5-2-6-11-16;1-2-8-15-13(6-1)12-14-7-5-9-16(19(14)15)20-21-17-10-3-4-11-18(17)22-20/h1-25H;1-14H;1-11H,12H2. The molecule has 0 spiro atoms. The molecular formula is C81H52BrN9S2. The van der Waals surface area contributed by atoms with Crippen molar-refractivity contribution in [3.05, 3.63) is 319 Å². The number of rotatable bonds is 9. The molecule has 1 aliphatic rings. The molecule has 5 heterocycles. The number of aromatic nitrogens is 9. The molecule has 18 rings (SSSR count). The predicted octanol–water partition coefficient (Wildman–Crippen LogP) is 21.4. The second-order valence-electron chi connectivity index (χ2n) is 22.3. The van der Waals surface area contributed by atoms with Crippen molar-refractivity contribution < 1.29 is 0 Å². The lowest BCUT2D eigenvalue weighted by molar-refractivity contribution is 1.07. The molecule has 0 fully saturated rings. The summed E-state index contributed by atoms with van der Waals surface area (Å²) in [5, 5.41) is 4.53. The van der Waals surface area contributed by atoms with Crippen molar-refractivity contribution in [2.24, 2.45) is 0 Å². The first-order valence-electron chi connectivity index (χ1n) is 30.5. The largest absolute Gasteiger partial charge is 0.309 e. The summed E-state index contributed by atoms with van der Waals surface area (Å²) in [4.78, 5) is 38.8. The highest BCUT2D eigenvalue weighted by Crippen LogP contribution is 2.45. The molecule has 0 unspecified atom stereocenters. The van der Waals surface area contributed by atoms with Gasteiger partial charge in [-0.15, -0.1) is 22.7 Å². The number of nitrogens with zero attached hydrogens (tertiary/aromatic N) is 9. The van der Waals surface area contributed by atoms with E-state index in [-0.39, 0.29) is 0 Å². The van der Waals surface area contributed by atoms with Gasteiger partial charge in [0.1, 0.15) is 10.0 Å². The number of thiazole rings is 2. The Morgan fingerprint density at radius 1 is 0.301 bits per heavy atom. The normalized spacial score (nSPS) is 11.5. The molecule has 0 radical (unpaired) electrons. The minimum atomic E-state index is 0.630. The number of fused-ring (bicyclic) bond motifs is 8.